The van der Waals surface area contributed by atoms with Crippen molar-refractivity contribution in [2.24, 2.45) is 0 Å². The Balaban J connectivity index is 2.06. The van der Waals surface area contributed by atoms with E-state index in [0.717, 1.165) is 5.56 Å². The number of epoxide rings is 1. The Labute approximate surface area is 101 Å². The molecule has 1 aliphatic rings. The first-order valence-electron chi connectivity index (χ1n) is 4.90. The Morgan fingerprint density at radius 1 is 1.62 bits per heavy atom. The molecule has 1 aromatic rings. The highest BCUT2D eigenvalue weighted by Gasteiger charge is 2.47. The summed E-state index contributed by atoms with van der Waals surface area (Å²) in [5.74, 6) is -0.704. The van der Waals surface area contributed by atoms with E-state index in [9.17, 15) is 9.18 Å². The summed E-state index contributed by atoms with van der Waals surface area (Å²) in [6, 6.07) is 4.55. The summed E-state index contributed by atoms with van der Waals surface area (Å²) in [4.78, 5) is 11.3. The van der Waals surface area contributed by atoms with Crippen LogP contribution in [0.1, 0.15) is 18.6 Å². The van der Waals surface area contributed by atoms with Crippen LogP contribution in [0.15, 0.2) is 22.7 Å². The van der Waals surface area contributed by atoms with Crippen LogP contribution >= 0.6 is 15.9 Å². The zero-order valence-corrected chi connectivity index (χ0v) is 10.2. The van der Waals surface area contributed by atoms with Crippen LogP contribution in [0.3, 0.4) is 0 Å². The molecule has 1 fully saturated rings. The topological polar surface area (TPSA) is 38.8 Å². The fraction of sp³-hybridized carbons (Fsp3) is 0.364. The molecule has 0 spiro atoms. The van der Waals surface area contributed by atoms with E-state index in [-0.39, 0.29) is 17.9 Å². The van der Waals surface area contributed by atoms with Crippen LogP contribution in [-0.4, -0.2) is 18.7 Å². The Hall–Kier alpha value is -0.940. The molecular weight excluding hydrogens is 279 g/mol. The molecule has 0 saturated carbocycles. The summed E-state index contributed by atoms with van der Waals surface area (Å²) >= 11 is 3.08. The zero-order valence-electron chi connectivity index (χ0n) is 8.57. The summed E-state index contributed by atoms with van der Waals surface area (Å²) in [6.07, 6.45) is -0.853. The van der Waals surface area contributed by atoms with E-state index >= 15 is 0 Å². The summed E-state index contributed by atoms with van der Waals surface area (Å²) in [5.41, 5.74) is 0.770. The molecule has 0 aliphatic carbocycles. The highest BCUT2D eigenvalue weighted by Crippen LogP contribution is 2.40. The lowest BCUT2D eigenvalue weighted by Crippen LogP contribution is -2.11. The molecule has 0 aromatic heterocycles. The number of carbonyl (C=O) groups excluding carboxylic acids is 1. The molecule has 1 aromatic carbocycles. The smallest absolute Gasteiger partial charge is 0.338 e. The molecule has 0 radical (unpaired) electrons. The van der Waals surface area contributed by atoms with Gasteiger partial charge in [0.25, 0.3) is 0 Å². The molecule has 2 unspecified atom stereocenters. The van der Waals surface area contributed by atoms with Crippen molar-refractivity contribution in [3.8, 4) is 0 Å². The van der Waals surface area contributed by atoms with E-state index in [4.69, 9.17) is 9.47 Å². The molecule has 3 nitrogen and oxygen atoms in total. The van der Waals surface area contributed by atoms with Gasteiger partial charge in [-0.05, 0) is 40.5 Å². The third-order valence-corrected chi connectivity index (χ3v) is 2.89. The predicted octanol–water partition coefficient (Wildman–Crippen LogP) is 2.59. The van der Waals surface area contributed by atoms with Gasteiger partial charge in [0.15, 0.2) is 6.10 Å². The molecular formula is C11H10BrFO3. The van der Waals surface area contributed by atoms with Crippen LogP contribution in [-0.2, 0) is 14.3 Å². The lowest BCUT2D eigenvalue weighted by molar-refractivity contribution is -0.144. The maximum absolute atomic E-state index is 13.0. The minimum Gasteiger partial charge on any atom is -0.464 e. The number of ether oxygens (including phenoxy) is 2. The van der Waals surface area contributed by atoms with Crippen molar-refractivity contribution in [1.29, 1.82) is 0 Å². The normalized spacial score (nSPS) is 22.9. The summed E-state index contributed by atoms with van der Waals surface area (Å²) in [6.45, 7) is 2.07. The Morgan fingerprint density at radius 3 is 3.00 bits per heavy atom. The maximum Gasteiger partial charge on any atom is 0.338 e. The van der Waals surface area contributed by atoms with Crippen molar-refractivity contribution in [1.82, 2.24) is 0 Å². The predicted molar refractivity (Wildman–Crippen MR) is 58.3 cm³/mol. The molecule has 0 bridgehead atoms. The van der Waals surface area contributed by atoms with Gasteiger partial charge in [0.2, 0.25) is 0 Å². The van der Waals surface area contributed by atoms with Gasteiger partial charge in [-0.15, -0.1) is 0 Å². The highest BCUT2D eigenvalue weighted by molar-refractivity contribution is 9.10. The van der Waals surface area contributed by atoms with Gasteiger partial charge in [0.1, 0.15) is 11.9 Å². The van der Waals surface area contributed by atoms with Crippen LogP contribution in [0.5, 0.6) is 0 Å². The minimum absolute atomic E-state index is 0.309. The van der Waals surface area contributed by atoms with Crippen LogP contribution in [0.25, 0.3) is 0 Å². The van der Waals surface area contributed by atoms with E-state index in [1.807, 2.05) is 0 Å². The van der Waals surface area contributed by atoms with Crippen molar-refractivity contribution in [3.63, 3.8) is 0 Å². The number of halogens is 2. The number of esters is 1. The molecule has 1 heterocycles. The van der Waals surface area contributed by atoms with Crippen molar-refractivity contribution >= 4 is 21.9 Å². The number of carbonyl (C=O) groups is 1. The van der Waals surface area contributed by atoms with E-state index in [1.165, 1.54) is 6.07 Å². The third-order valence-electron chi connectivity index (χ3n) is 2.28. The summed E-state index contributed by atoms with van der Waals surface area (Å²) in [7, 11) is 0. The number of hydrogen-bond acceptors (Lipinski definition) is 3. The van der Waals surface area contributed by atoms with Gasteiger partial charge in [0, 0.05) is 0 Å². The molecule has 5 heteroatoms. The number of hydrogen-bond donors (Lipinski definition) is 0. The average molecular weight is 289 g/mol. The van der Waals surface area contributed by atoms with Gasteiger partial charge in [-0.2, -0.15) is 0 Å². The van der Waals surface area contributed by atoms with Gasteiger partial charge in [-0.1, -0.05) is 6.07 Å². The quantitative estimate of drug-likeness (QED) is 0.634. The average Bonchev–Trinajstić information content (AvgIpc) is 3.02. The second-order valence-electron chi connectivity index (χ2n) is 3.40. The van der Waals surface area contributed by atoms with Gasteiger partial charge in [0.05, 0.1) is 11.1 Å². The first-order chi connectivity index (χ1) is 7.63. The van der Waals surface area contributed by atoms with E-state index < -0.39 is 6.10 Å². The monoisotopic (exact) mass is 288 g/mol. The highest BCUT2D eigenvalue weighted by atomic mass is 79.9. The largest absolute Gasteiger partial charge is 0.464 e. The SMILES string of the molecule is CCOC(=O)C1OC1c1ccc(F)c(Br)c1. The second kappa shape index (κ2) is 4.51. The van der Waals surface area contributed by atoms with Crippen molar-refractivity contribution in [2.75, 3.05) is 6.61 Å². The second-order valence-corrected chi connectivity index (χ2v) is 4.26. The van der Waals surface area contributed by atoms with Gasteiger partial charge in [-0.25, -0.2) is 9.18 Å². The zero-order chi connectivity index (χ0) is 11.7. The van der Waals surface area contributed by atoms with Gasteiger partial charge < -0.3 is 9.47 Å². The van der Waals surface area contributed by atoms with E-state index in [2.05, 4.69) is 15.9 Å². The molecule has 0 amide bonds. The summed E-state index contributed by atoms with van der Waals surface area (Å²) in [5, 5.41) is 0. The summed E-state index contributed by atoms with van der Waals surface area (Å²) < 4.78 is 23.4. The number of benzene rings is 1. The molecule has 16 heavy (non-hydrogen) atoms. The lowest BCUT2D eigenvalue weighted by atomic mass is 10.1. The van der Waals surface area contributed by atoms with Crippen molar-refractivity contribution in [2.45, 2.75) is 19.1 Å². The van der Waals surface area contributed by atoms with Crippen molar-refractivity contribution in [3.05, 3.63) is 34.1 Å². The molecule has 2 rings (SSSR count). The van der Waals surface area contributed by atoms with Gasteiger partial charge >= 0.3 is 5.97 Å². The fourth-order valence-corrected chi connectivity index (χ4v) is 1.86. The first-order valence-corrected chi connectivity index (χ1v) is 5.70. The first kappa shape index (κ1) is 11.5. The minimum atomic E-state index is -0.544. The van der Waals surface area contributed by atoms with Crippen molar-refractivity contribution < 1.29 is 18.7 Å². The molecule has 1 saturated heterocycles. The molecule has 1 aliphatic heterocycles. The Kier molecular flexibility index (Phi) is 3.25. The van der Waals surface area contributed by atoms with Crippen LogP contribution < -0.4 is 0 Å². The standard InChI is InChI=1S/C11H10BrFO3/c1-2-15-11(14)10-9(16-10)6-3-4-8(13)7(12)5-6/h3-5,9-10H,2H2,1H3. The Morgan fingerprint density at radius 2 is 2.38 bits per heavy atom. The van der Waals surface area contributed by atoms with Crippen LogP contribution in [0, 0.1) is 5.82 Å². The van der Waals surface area contributed by atoms with E-state index in [1.54, 1.807) is 19.1 Å². The lowest BCUT2D eigenvalue weighted by Gasteiger charge is -1.99. The van der Waals surface area contributed by atoms with E-state index in [0.29, 0.717) is 11.1 Å². The molecule has 2 atom stereocenters. The Bertz CT molecular complexity index is 422. The van der Waals surface area contributed by atoms with Crippen LogP contribution in [0.4, 0.5) is 4.39 Å². The maximum atomic E-state index is 13.0. The number of rotatable bonds is 3. The fourth-order valence-electron chi connectivity index (χ4n) is 1.46. The third kappa shape index (κ3) is 2.25. The van der Waals surface area contributed by atoms with Gasteiger partial charge in [-0.3, -0.25) is 0 Å². The molecule has 86 valence electrons. The molecule has 0 N–H and O–H groups in total. The van der Waals surface area contributed by atoms with Crippen LogP contribution in [0.2, 0.25) is 0 Å².